The van der Waals surface area contributed by atoms with Gasteiger partial charge in [0.2, 0.25) is 0 Å². The molecule has 0 bridgehead atoms. The molecule has 54 valence electrons. The predicted octanol–water partition coefficient (Wildman–Crippen LogP) is 2.00. The third-order valence-electron chi connectivity index (χ3n) is 1.88. The van der Waals surface area contributed by atoms with Gasteiger partial charge in [0.25, 0.3) is 0 Å². The molecular weight excluding hydrogens is 130 g/mol. The fourth-order valence-electron chi connectivity index (χ4n) is 1.26. The first-order valence-electron chi connectivity index (χ1n) is 3.66. The van der Waals surface area contributed by atoms with Crippen LogP contribution in [0.1, 0.15) is 19.8 Å². The SMILES string of the molecule is CCCC1CN(SC)C1. The Morgan fingerprint density at radius 1 is 1.56 bits per heavy atom. The Hall–Kier alpha value is 0.310. The Bertz CT molecular complexity index is 79.0. The lowest BCUT2D eigenvalue weighted by atomic mass is 9.98. The number of hydrogen-bond acceptors (Lipinski definition) is 2. The predicted molar refractivity (Wildman–Crippen MR) is 43.5 cm³/mol. The molecule has 1 nitrogen and oxygen atoms in total. The molecule has 1 fully saturated rings. The van der Waals surface area contributed by atoms with E-state index in [1.54, 1.807) is 0 Å². The zero-order valence-corrected chi connectivity index (χ0v) is 7.08. The molecule has 0 N–H and O–H groups in total. The molecule has 0 saturated carbocycles. The third kappa shape index (κ3) is 1.87. The van der Waals surface area contributed by atoms with Crippen LogP contribution < -0.4 is 0 Å². The van der Waals surface area contributed by atoms with E-state index in [0.29, 0.717) is 0 Å². The van der Waals surface area contributed by atoms with Crippen LogP contribution in [0.25, 0.3) is 0 Å². The van der Waals surface area contributed by atoms with E-state index in [-0.39, 0.29) is 0 Å². The highest BCUT2D eigenvalue weighted by molar-refractivity contribution is 7.96. The molecule has 9 heavy (non-hydrogen) atoms. The molecule has 0 unspecified atom stereocenters. The molecule has 0 aromatic carbocycles. The van der Waals surface area contributed by atoms with Gasteiger partial charge in [0, 0.05) is 13.1 Å². The lowest BCUT2D eigenvalue weighted by Gasteiger charge is -2.37. The second-order valence-corrected chi connectivity index (χ2v) is 3.57. The van der Waals surface area contributed by atoms with Crippen LogP contribution in [0.3, 0.4) is 0 Å². The van der Waals surface area contributed by atoms with Crippen LogP contribution >= 0.6 is 11.9 Å². The van der Waals surface area contributed by atoms with Crippen molar-refractivity contribution in [2.45, 2.75) is 19.8 Å². The molecule has 0 aromatic heterocycles. The van der Waals surface area contributed by atoms with Gasteiger partial charge in [0.05, 0.1) is 0 Å². The van der Waals surface area contributed by atoms with Crippen LogP contribution in [0.15, 0.2) is 0 Å². The standard InChI is InChI=1S/C7H15NS/c1-3-4-7-5-8(6-7)9-2/h7H,3-6H2,1-2H3. The summed E-state index contributed by atoms with van der Waals surface area (Å²) in [7, 11) is 0. The quantitative estimate of drug-likeness (QED) is 0.559. The van der Waals surface area contributed by atoms with Gasteiger partial charge in [-0.2, -0.15) is 0 Å². The lowest BCUT2D eigenvalue weighted by molar-refractivity contribution is 0.207. The molecule has 1 heterocycles. The fourth-order valence-corrected chi connectivity index (χ4v) is 1.98. The summed E-state index contributed by atoms with van der Waals surface area (Å²) in [4.78, 5) is 0. The van der Waals surface area contributed by atoms with Crippen molar-refractivity contribution in [1.82, 2.24) is 4.31 Å². The molecule has 2 heteroatoms. The monoisotopic (exact) mass is 145 g/mol. The molecule has 0 radical (unpaired) electrons. The summed E-state index contributed by atoms with van der Waals surface area (Å²) in [6.07, 6.45) is 4.94. The molecule has 0 atom stereocenters. The van der Waals surface area contributed by atoms with E-state index in [9.17, 15) is 0 Å². The summed E-state index contributed by atoms with van der Waals surface area (Å²) in [5, 5.41) is 0. The highest BCUT2D eigenvalue weighted by Gasteiger charge is 2.24. The average molecular weight is 145 g/mol. The Labute approximate surface area is 61.9 Å². The molecule has 0 amide bonds. The van der Waals surface area contributed by atoms with E-state index >= 15 is 0 Å². The van der Waals surface area contributed by atoms with Gasteiger partial charge in [-0.15, -0.1) is 0 Å². The van der Waals surface area contributed by atoms with Crippen LogP contribution in [-0.2, 0) is 0 Å². The summed E-state index contributed by atoms with van der Waals surface area (Å²) in [6, 6.07) is 0. The normalized spacial score (nSPS) is 22.0. The summed E-state index contributed by atoms with van der Waals surface area (Å²) >= 11 is 1.87. The molecule has 1 aliphatic rings. The third-order valence-corrected chi connectivity index (χ3v) is 2.69. The van der Waals surface area contributed by atoms with Crippen LogP contribution in [0, 0.1) is 5.92 Å². The van der Waals surface area contributed by atoms with E-state index in [2.05, 4.69) is 17.5 Å². The van der Waals surface area contributed by atoms with Crippen molar-refractivity contribution in [2.24, 2.45) is 5.92 Å². The van der Waals surface area contributed by atoms with Crippen LogP contribution in [-0.4, -0.2) is 23.7 Å². The molecule has 0 aromatic rings. The summed E-state index contributed by atoms with van der Waals surface area (Å²) in [5.41, 5.74) is 0. The molecule has 1 saturated heterocycles. The molecule has 1 rings (SSSR count). The second-order valence-electron chi connectivity index (χ2n) is 2.68. The minimum Gasteiger partial charge on any atom is -0.250 e. The first kappa shape index (κ1) is 7.42. The number of hydrogen-bond donors (Lipinski definition) is 0. The number of nitrogens with zero attached hydrogens (tertiary/aromatic N) is 1. The zero-order chi connectivity index (χ0) is 6.69. The van der Waals surface area contributed by atoms with Crippen molar-refractivity contribution < 1.29 is 0 Å². The van der Waals surface area contributed by atoms with Crippen LogP contribution in [0.4, 0.5) is 0 Å². The van der Waals surface area contributed by atoms with Gasteiger partial charge in [-0.25, -0.2) is 0 Å². The van der Waals surface area contributed by atoms with Crippen molar-refractivity contribution in [3.05, 3.63) is 0 Å². The Kier molecular flexibility index (Phi) is 2.86. The minimum absolute atomic E-state index is 1.02. The van der Waals surface area contributed by atoms with Crippen molar-refractivity contribution in [2.75, 3.05) is 19.3 Å². The Morgan fingerprint density at radius 3 is 2.67 bits per heavy atom. The van der Waals surface area contributed by atoms with Gasteiger partial charge in [-0.3, -0.25) is 4.31 Å². The highest BCUT2D eigenvalue weighted by atomic mass is 32.2. The van der Waals surface area contributed by atoms with Crippen LogP contribution in [0.2, 0.25) is 0 Å². The van der Waals surface area contributed by atoms with Gasteiger partial charge in [-0.05, 0) is 18.6 Å². The average Bonchev–Trinajstić information content (AvgIpc) is 1.77. The van der Waals surface area contributed by atoms with Gasteiger partial charge < -0.3 is 0 Å². The topological polar surface area (TPSA) is 3.24 Å². The zero-order valence-electron chi connectivity index (χ0n) is 6.26. The van der Waals surface area contributed by atoms with Crippen molar-refractivity contribution >= 4 is 11.9 Å². The maximum atomic E-state index is 2.42. The summed E-state index contributed by atoms with van der Waals surface area (Å²) in [6.45, 7) is 4.92. The molecule has 0 spiro atoms. The highest BCUT2D eigenvalue weighted by Crippen LogP contribution is 2.25. The van der Waals surface area contributed by atoms with E-state index in [4.69, 9.17) is 0 Å². The van der Waals surface area contributed by atoms with Crippen molar-refractivity contribution in [3.63, 3.8) is 0 Å². The lowest BCUT2D eigenvalue weighted by Crippen LogP contribution is -2.41. The van der Waals surface area contributed by atoms with E-state index in [0.717, 1.165) is 5.92 Å². The van der Waals surface area contributed by atoms with Gasteiger partial charge in [-0.1, -0.05) is 25.3 Å². The minimum atomic E-state index is 1.02. The van der Waals surface area contributed by atoms with Crippen molar-refractivity contribution in [3.8, 4) is 0 Å². The maximum Gasteiger partial charge on any atom is 0.0130 e. The smallest absolute Gasteiger partial charge is 0.0130 e. The first-order valence-corrected chi connectivity index (χ1v) is 4.84. The van der Waals surface area contributed by atoms with Crippen LogP contribution in [0.5, 0.6) is 0 Å². The van der Waals surface area contributed by atoms with E-state index < -0.39 is 0 Å². The molecule has 1 aliphatic heterocycles. The number of rotatable bonds is 3. The van der Waals surface area contributed by atoms with Gasteiger partial charge >= 0.3 is 0 Å². The molecule has 0 aliphatic carbocycles. The second kappa shape index (κ2) is 3.47. The van der Waals surface area contributed by atoms with Crippen molar-refractivity contribution in [1.29, 1.82) is 0 Å². The fraction of sp³-hybridized carbons (Fsp3) is 1.00. The molecular formula is C7H15NS. The summed E-state index contributed by atoms with van der Waals surface area (Å²) in [5.74, 6) is 1.02. The Morgan fingerprint density at radius 2 is 2.22 bits per heavy atom. The van der Waals surface area contributed by atoms with Gasteiger partial charge in [0.15, 0.2) is 0 Å². The Balaban J connectivity index is 1.98. The first-order chi connectivity index (χ1) is 4.36. The summed E-state index contributed by atoms with van der Waals surface area (Å²) < 4.78 is 2.42. The maximum absolute atomic E-state index is 2.42. The van der Waals surface area contributed by atoms with E-state index in [1.807, 2.05) is 11.9 Å². The largest absolute Gasteiger partial charge is 0.250 e. The van der Waals surface area contributed by atoms with E-state index in [1.165, 1.54) is 25.9 Å². The van der Waals surface area contributed by atoms with Gasteiger partial charge in [0.1, 0.15) is 0 Å².